The summed E-state index contributed by atoms with van der Waals surface area (Å²) in [5.74, 6) is 0.570. The number of anilines is 1. The molecule has 5 heteroatoms. The molecule has 102 valence electrons. The number of aryl methyl sites for hydroxylation is 1. The third kappa shape index (κ3) is 5.27. The third-order valence-electron chi connectivity index (χ3n) is 2.46. The molecule has 0 spiro atoms. The highest BCUT2D eigenvalue weighted by Crippen LogP contribution is 2.27. The molecule has 0 heterocycles. The van der Waals surface area contributed by atoms with Crippen LogP contribution in [0.4, 0.5) is 5.69 Å². The SMILES string of the molecule is COCCOCC(O)CSc1cccc(C)c1N. The van der Waals surface area contributed by atoms with Gasteiger partial charge in [-0.25, -0.2) is 0 Å². The maximum absolute atomic E-state index is 9.74. The monoisotopic (exact) mass is 271 g/mol. The van der Waals surface area contributed by atoms with Crippen molar-refractivity contribution < 1.29 is 14.6 Å². The smallest absolute Gasteiger partial charge is 0.0867 e. The van der Waals surface area contributed by atoms with Gasteiger partial charge in [0.05, 0.1) is 25.9 Å². The highest BCUT2D eigenvalue weighted by Gasteiger charge is 2.08. The van der Waals surface area contributed by atoms with Crippen LogP contribution in [0, 0.1) is 6.92 Å². The molecule has 0 saturated heterocycles. The molecule has 0 radical (unpaired) electrons. The zero-order chi connectivity index (χ0) is 13.4. The van der Waals surface area contributed by atoms with Crippen LogP contribution in [-0.2, 0) is 9.47 Å². The number of hydrogen-bond acceptors (Lipinski definition) is 5. The average Bonchev–Trinajstić information content (AvgIpc) is 2.36. The molecular weight excluding hydrogens is 250 g/mol. The summed E-state index contributed by atoms with van der Waals surface area (Å²) in [6.45, 7) is 3.35. The van der Waals surface area contributed by atoms with Crippen molar-refractivity contribution in [2.24, 2.45) is 0 Å². The normalized spacial score (nSPS) is 12.6. The second kappa shape index (κ2) is 8.37. The molecule has 0 fully saturated rings. The number of aliphatic hydroxyl groups excluding tert-OH is 1. The van der Waals surface area contributed by atoms with Gasteiger partial charge >= 0.3 is 0 Å². The summed E-state index contributed by atoms with van der Waals surface area (Å²) in [5.41, 5.74) is 7.81. The second-order valence-electron chi connectivity index (χ2n) is 4.02. The van der Waals surface area contributed by atoms with Crippen molar-refractivity contribution >= 4 is 17.4 Å². The van der Waals surface area contributed by atoms with Gasteiger partial charge in [-0.2, -0.15) is 0 Å². The van der Waals surface area contributed by atoms with Crippen LogP contribution in [0.1, 0.15) is 5.56 Å². The van der Waals surface area contributed by atoms with Gasteiger partial charge in [-0.05, 0) is 18.6 Å². The number of aliphatic hydroxyl groups is 1. The van der Waals surface area contributed by atoms with Gasteiger partial charge in [0.25, 0.3) is 0 Å². The summed E-state index contributed by atoms with van der Waals surface area (Å²) in [6.07, 6.45) is -0.494. The van der Waals surface area contributed by atoms with Gasteiger partial charge in [-0.1, -0.05) is 12.1 Å². The molecule has 1 unspecified atom stereocenters. The van der Waals surface area contributed by atoms with Crippen molar-refractivity contribution in [2.45, 2.75) is 17.9 Å². The Labute approximate surface area is 112 Å². The number of hydrogen-bond donors (Lipinski definition) is 2. The molecule has 0 amide bonds. The molecular formula is C13H21NO3S. The number of para-hydroxylation sites is 1. The average molecular weight is 271 g/mol. The lowest BCUT2D eigenvalue weighted by Gasteiger charge is -2.12. The van der Waals surface area contributed by atoms with Gasteiger partial charge < -0.3 is 20.3 Å². The van der Waals surface area contributed by atoms with E-state index in [2.05, 4.69) is 0 Å². The van der Waals surface area contributed by atoms with Crippen LogP contribution in [0.5, 0.6) is 0 Å². The predicted molar refractivity (Wildman–Crippen MR) is 75.0 cm³/mol. The van der Waals surface area contributed by atoms with E-state index in [1.54, 1.807) is 18.9 Å². The van der Waals surface area contributed by atoms with Crippen molar-refractivity contribution in [2.75, 3.05) is 38.4 Å². The number of methoxy groups -OCH3 is 1. The van der Waals surface area contributed by atoms with Crippen LogP contribution in [-0.4, -0.2) is 43.9 Å². The van der Waals surface area contributed by atoms with Gasteiger partial charge in [0.1, 0.15) is 0 Å². The van der Waals surface area contributed by atoms with Crippen molar-refractivity contribution in [3.63, 3.8) is 0 Å². The maximum atomic E-state index is 9.74. The number of nitrogens with two attached hydrogens (primary N) is 1. The summed E-state index contributed by atoms with van der Waals surface area (Å²) >= 11 is 1.55. The molecule has 4 nitrogen and oxygen atoms in total. The Morgan fingerprint density at radius 3 is 2.89 bits per heavy atom. The number of thioether (sulfide) groups is 1. The molecule has 0 aliphatic carbocycles. The lowest BCUT2D eigenvalue weighted by Crippen LogP contribution is -2.19. The Hall–Kier alpha value is -0.750. The van der Waals surface area contributed by atoms with E-state index in [4.69, 9.17) is 15.2 Å². The summed E-state index contributed by atoms with van der Waals surface area (Å²) < 4.78 is 10.1. The molecule has 0 aromatic heterocycles. The maximum Gasteiger partial charge on any atom is 0.0867 e. The molecule has 1 aromatic rings. The molecule has 1 atom stereocenters. The van der Waals surface area contributed by atoms with Crippen LogP contribution in [0.15, 0.2) is 23.1 Å². The Bertz CT molecular complexity index is 360. The van der Waals surface area contributed by atoms with E-state index in [9.17, 15) is 5.11 Å². The molecule has 3 N–H and O–H groups in total. The van der Waals surface area contributed by atoms with E-state index in [1.165, 1.54) is 0 Å². The quantitative estimate of drug-likeness (QED) is 0.428. The summed E-state index contributed by atoms with van der Waals surface area (Å²) in [7, 11) is 1.62. The molecule has 0 aliphatic heterocycles. The van der Waals surface area contributed by atoms with Crippen LogP contribution >= 0.6 is 11.8 Å². The summed E-state index contributed by atoms with van der Waals surface area (Å²) in [6, 6.07) is 5.91. The predicted octanol–water partition coefficient (Wildman–Crippen LogP) is 1.69. The first kappa shape index (κ1) is 15.3. The van der Waals surface area contributed by atoms with Crippen LogP contribution < -0.4 is 5.73 Å². The zero-order valence-corrected chi connectivity index (χ0v) is 11.7. The van der Waals surface area contributed by atoms with Crippen molar-refractivity contribution in [1.82, 2.24) is 0 Å². The standard InChI is InChI=1S/C13H21NO3S/c1-10-4-3-5-12(13(10)14)18-9-11(15)8-17-7-6-16-2/h3-5,11,15H,6-9,14H2,1-2H3. The van der Waals surface area contributed by atoms with Crippen LogP contribution in [0.3, 0.4) is 0 Å². The Morgan fingerprint density at radius 1 is 1.39 bits per heavy atom. The molecule has 1 aromatic carbocycles. The van der Waals surface area contributed by atoms with Gasteiger partial charge in [0, 0.05) is 23.4 Å². The van der Waals surface area contributed by atoms with Gasteiger partial charge in [0.15, 0.2) is 0 Å². The summed E-state index contributed by atoms with van der Waals surface area (Å²) in [4.78, 5) is 1.01. The first-order chi connectivity index (χ1) is 8.65. The van der Waals surface area contributed by atoms with E-state index in [-0.39, 0.29) is 0 Å². The number of nitrogen functional groups attached to an aromatic ring is 1. The fraction of sp³-hybridized carbons (Fsp3) is 0.538. The molecule has 18 heavy (non-hydrogen) atoms. The first-order valence-electron chi connectivity index (χ1n) is 5.87. The highest BCUT2D eigenvalue weighted by atomic mass is 32.2. The minimum atomic E-state index is -0.494. The van der Waals surface area contributed by atoms with Crippen LogP contribution in [0.2, 0.25) is 0 Å². The van der Waals surface area contributed by atoms with Crippen molar-refractivity contribution in [1.29, 1.82) is 0 Å². The van der Waals surface area contributed by atoms with E-state index >= 15 is 0 Å². The summed E-state index contributed by atoms with van der Waals surface area (Å²) in [5, 5.41) is 9.74. The number of ether oxygens (including phenoxy) is 2. The van der Waals surface area contributed by atoms with Gasteiger partial charge in [0.2, 0.25) is 0 Å². The number of benzene rings is 1. The van der Waals surface area contributed by atoms with Crippen molar-refractivity contribution in [3.05, 3.63) is 23.8 Å². The minimum absolute atomic E-state index is 0.322. The van der Waals surface area contributed by atoms with E-state index < -0.39 is 6.10 Å². The number of rotatable bonds is 8. The Morgan fingerprint density at radius 2 is 2.17 bits per heavy atom. The molecule has 0 aliphatic rings. The Kier molecular flexibility index (Phi) is 7.12. The van der Waals surface area contributed by atoms with Gasteiger partial charge in [-0.15, -0.1) is 11.8 Å². The molecule has 0 bridgehead atoms. The zero-order valence-electron chi connectivity index (χ0n) is 10.9. The first-order valence-corrected chi connectivity index (χ1v) is 6.86. The lowest BCUT2D eigenvalue weighted by molar-refractivity contribution is 0.0218. The Balaban J connectivity index is 2.29. The fourth-order valence-corrected chi connectivity index (χ4v) is 2.33. The molecule has 0 saturated carbocycles. The van der Waals surface area contributed by atoms with E-state index in [0.717, 1.165) is 16.1 Å². The highest BCUT2D eigenvalue weighted by molar-refractivity contribution is 7.99. The largest absolute Gasteiger partial charge is 0.398 e. The lowest BCUT2D eigenvalue weighted by atomic mass is 10.2. The minimum Gasteiger partial charge on any atom is -0.398 e. The second-order valence-corrected chi connectivity index (χ2v) is 5.08. The molecule has 1 rings (SSSR count). The third-order valence-corrected chi connectivity index (χ3v) is 3.68. The van der Waals surface area contributed by atoms with Crippen LogP contribution in [0.25, 0.3) is 0 Å². The van der Waals surface area contributed by atoms with E-state index in [1.807, 2.05) is 25.1 Å². The van der Waals surface area contributed by atoms with E-state index in [0.29, 0.717) is 25.6 Å². The fourth-order valence-electron chi connectivity index (χ4n) is 1.38. The van der Waals surface area contributed by atoms with Gasteiger partial charge in [-0.3, -0.25) is 0 Å². The topological polar surface area (TPSA) is 64.7 Å². The van der Waals surface area contributed by atoms with Crippen molar-refractivity contribution in [3.8, 4) is 0 Å².